The van der Waals surface area contributed by atoms with Gasteiger partial charge in [0.25, 0.3) is 11.8 Å². The molecular weight excluding hydrogens is 354 g/mol. The normalized spacial score (nSPS) is 11.3. The minimum Gasteiger partial charge on any atom is -0.481 e. The number of hydrogen-bond acceptors (Lipinski definition) is 4. The number of hydrogen-bond donors (Lipinski definition) is 2. The average molecular weight is 375 g/mol. The fourth-order valence-corrected chi connectivity index (χ4v) is 2.56. The third kappa shape index (κ3) is 5.41. The van der Waals surface area contributed by atoms with Gasteiger partial charge in [0.2, 0.25) is 0 Å². The third-order valence-electron chi connectivity index (χ3n) is 4.02. The zero-order chi connectivity index (χ0) is 19.8. The SMILES string of the molecule is CC(Oc1ccccc1)C(=O)NCc1cccc(NC(=O)c2ccncc2)c1. The molecule has 2 aromatic carbocycles. The molecule has 0 aliphatic heterocycles. The molecule has 0 aliphatic rings. The number of benzene rings is 2. The van der Waals surface area contributed by atoms with Gasteiger partial charge in [-0.2, -0.15) is 0 Å². The summed E-state index contributed by atoms with van der Waals surface area (Å²) in [6.45, 7) is 2.04. The Kier molecular flexibility index (Phi) is 6.36. The Morgan fingerprint density at radius 3 is 2.50 bits per heavy atom. The molecule has 0 aliphatic carbocycles. The summed E-state index contributed by atoms with van der Waals surface area (Å²) in [4.78, 5) is 28.4. The molecule has 0 saturated heterocycles. The largest absolute Gasteiger partial charge is 0.481 e. The number of rotatable bonds is 7. The third-order valence-corrected chi connectivity index (χ3v) is 4.02. The molecule has 6 nitrogen and oxygen atoms in total. The topological polar surface area (TPSA) is 80.3 Å². The lowest BCUT2D eigenvalue weighted by Gasteiger charge is -2.15. The zero-order valence-electron chi connectivity index (χ0n) is 15.5. The highest BCUT2D eigenvalue weighted by Crippen LogP contribution is 2.13. The van der Waals surface area contributed by atoms with Gasteiger partial charge in [0.15, 0.2) is 6.10 Å². The van der Waals surface area contributed by atoms with Gasteiger partial charge in [-0.1, -0.05) is 30.3 Å². The maximum absolute atomic E-state index is 12.3. The smallest absolute Gasteiger partial charge is 0.261 e. The van der Waals surface area contributed by atoms with E-state index in [1.807, 2.05) is 36.4 Å². The van der Waals surface area contributed by atoms with E-state index in [9.17, 15) is 9.59 Å². The first kappa shape index (κ1) is 19.1. The summed E-state index contributed by atoms with van der Waals surface area (Å²) in [5.74, 6) is 0.217. The van der Waals surface area contributed by atoms with Crippen LogP contribution in [-0.4, -0.2) is 22.9 Å². The Morgan fingerprint density at radius 1 is 1.00 bits per heavy atom. The van der Waals surface area contributed by atoms with E-state index in [0.717, 1.165) is 5.56 Å². The molecule has 1 unspecified atom stereocenters. The molecule has 0 saturated carbocycles. The van der Waals surface area contributed by atoms with Gasteiger partial charge >= 0.3 is 0 Å². The second kappa shape index (κ2) is 9.32. The van der Waals surface area contributed by atoms with Crippen LogP contribution in [0, 0.1) is 0 Å². The first-order chi connectivity index (χ1) is 13.6. The highest BCUT2D eigenvalue weighted by Gasteiger charge is 2.14. The molecule has 28 heavy (non-hydrogen) atoms. The summed E-state index contributed by atoms with van der Waals surface area (Å²) in [5.41, 5.74) is 2.05. The van der Waals surface area contributed by atoms with Crippen LogP contribution < -0.4 is 15.4 Å². The van der Waals surface area contributed by atoms with Crippen molar-refractivity contribution in [1.82, 2.24) is 10.3 Å². The molecule has 1 atom stereocenters. The molecule has 0 radical (unpaired) electrons. The predicted octanol–water partition coefficient (Wildman–Crippen LogP) is 3.42. The maximum Gasteiger partial charge on any atom is 0.261 e. The second-order valence-electron chi connectivity index (χ2n) is 6.18. The van der Waals surface area contributed by atoms with Crippen LogP contribution in [0.3, 0.4) is 0 Å². The molecule has 142 valence electrons. The van der Waals surface area contributed by atoms with Gasteiger partial charge in [0.1, 0.15) is 5.75 Å². The van der Waals surface area contributed by atoms with Crippen molar-refractivity contribution in [3.05, 3.63) is 90.3 Å². The van der Waals surface area contributed by atoms with E-state index in [2.05, 4.69) is 15.6 Å². The summed E-state index contributed by atoms with van der Waals surface area (Å²) < 4.78 is 5.62. The average Bonchev–Trinajstić information content (AvgIpc) is 2.73. The number of carbonyl (C=O) groups excluding carboxylic acids is 2. The van der Waals surface area contributed by atoms with Crippen LogP contribution in [0.5, 0.6) is 5.75 Å². The molecular formula is C22H21N3O3. The van der Waals surface area contributed by atoms with E-state index in [-0.39, 0.29) is 11.8 Å². The highest BCUT2D eigenvalue weighted by molar-refractivity contribution is 6.04. The Bertz CT molecular complexity index is 930. The lowest BCUT2D eigenvalue weighted by Crippen LogP contribution is -2.35. The van der Waals surface area contributed by atoms with E-state index in [1.54, 1.807) is 49.6 Å². The van der Waals surface area contributed by atoms with Crippen LogP contribution in [0.4, 0.5) is 5.69 Å². The Hall–Kier alpha value is -3.67. The lowest BCUT2D eigenvalue weighted by molar-refractivity contribution is -0.127. The van der Waals surface area contributed by atoms with Crippen LogP contribution in [0.1, 0.15) is 22.8 Å². The van der Waals surface area contributed by atoms with Gasteiger partial charge in [-0.25, -0.2) is 0 Å². The molecule has 2 amide bonds. The van der Waals surface area contributed by atoms with Crippen molar-refractivity contribution in [3.8, 4) is 5.75 Å². The fraction of sp³-hybridized carbons (Fsp3) is 0.136. The Morgan fingerprint density at radius 2 is 1.75 bits per heavy atom. The van der Waals surface area contributed by atoms with Crippen molar-refractivity contribution >= 4 is 17.5 Å². The van der Waals surface area contributed by atoms with Crippen molar-refractivity contribution in [2.75, 3.05) is 5.32 Å². The Labute approximate surface area is 163 Å². The molecule has 0 bridgehead atoms. The first-order valence-electron chi connectivity index (χ1n) is 8.91. The van der Waals surface area contributed by atoms with Crippen molar-refractivity contribution in [2.45, 2.75) is 19.6 Å². The van der Waals surface area contributed by atoms with Crippen LogP contribution in [-0.2, 0) is 11.3 Å². The number of ether oxygens (including phenoxy) is 1. The predicted molar refractivity (Wildman–Crippen MR) is 107 cm³/mol. The van der Waals surface area contributed by atoms with Gasteiger partial charge in [0.05, 0.1) is 0 Å². The molecule has 0 spiro atoms. The number of nitrogens with zero attached hydrogens (tertiary/aromatic N) is 1. The maximum atomic E-state index is 12.3. The van der Waals surface area contributed by atoms with Crippen LogP contribution in [0.2, 0.25) is 0 Å². The second-order valence-corrected chi connectivity index (χ2v) is 6.18. The first-order valence-corrected chi connectivity index (χ1v) is 8.91. The van der Waals surface area contributed by atoms with E-state index in [1.165, 1.54) is 0 Å². The van der Waals surface area contributed by atoms with Crippen molar-refractivity contribution in [3.63, 3.8) is 0 Å². The number of aromatic nitrogens is 1. The summed E-state index contributed by atoms with van der Waals surface area (Å²) in [6.07, 6.45) is 2.52. The molecule has 1 heterocycles. The van der Waals surface area contributed by atoms with Crippen molar-refractivity contribution < 1.29 is 14.3 Å². The quantitative estimate of drug-likeness (QED) is 0.663. The molecule has 0 fully saturated rings. The Balaban J connectivity index is 1.54. The number of nitrogens with one attached hydrogen (secondary N) is 2. The van der Waals surface area contributed by atoms with Gasteiger partial charge in [-0.15, -0.1) is 0 Å². The number of carbonyl (C=O) groups is 2. The summed E-state index contributed by atoms with van der Waals surface area (Å²) >= 11 is 0. The highest BCUT2D eigenvalue weighted by atomic mass is 16.5. The minimum absolute atomic E-state index is 0.213. The van der Waals surface area contributed by atoms with Gasteiger partial charge < -0.3 is 15.4 Å². The summed E-state index contributed by atoms with van der Waals surface area (Å²) in [7, 11) is 0. The summed E-state index contributed by atoms with van der Waals surface area (Å²) in [5, 5.41) is 5.68. The fourth-order valence-electron chi connectivity index (χ4n) is 2.56. The van der Waals surface area contributed by atoms with Crippen LogP contribution in [0.25, 0.3) is 0 Å². The lowest BCUT2D eigenvalue weighted by atomic mass is 10.2. The van der Waals surface area contributed by atoms with E-state index in [4.69, 9.17) is 4.74 Å². The minimum atomic E-state index is -0.614. The molecule has 2 N–H and O–H groups in total. The number of para-hydroxylation sites is 1. The van der Waals surface area contributed by atoms with Crippen molar-refractivity contribution in [2.24, 2.45) is 0 Å². The number of pyridine rings is 1. The van der Waals surface area contributed by atoms with Gasteiger partial charge in [-0.05, 0) is 48.9 Å². The zero-order valence-corrected chi connectivity index (χ0v) is 15.5. The molecule has 3 aromatic rings. The molecule has 3 rings (SSSR count). The van der Waals surface area contributed by atoms with E-state index in [0.29, 0.717) is 23.5 Å². The molecule has 1 aromatic heterocycles. The number of anilines is 1. The standard InChI is InChI=1S/C22H21N3O3/c1-16(28-20-8-3-2-4-9-20)21(26)24-15-17-6-5-7-19(14-17)25-22(27)18-10-12-23-13-11-18/h2-14,16H,15H2,1H3,(H,24,26)(H,25,27). The van der Waals surface area contributed by atoms with Gasteiger partial charge in [-0.3, -0.25) is 14.6 Å². The van der Waals surface area contributed by atoms with Crippen LogP contribution >= 0.6 is 0 Å². The van der Waals surface area contributed by atoms with Gasteiger partial charge in [0, 0.05) is 30.2 Å². The monoisotopic (exact) mass is 375 g/mol. The molecule has 6 heteroatoms. The summed E-state index contributed by atoms with van der Waals surface area (Å²) in [6, 6.07) is 19.8. The van der Waals surface area contributed by atoms with Crippen molar-refractivity contribution in [1.29, 1.82) is 0 Å². The van der Waals surface area contributed by atoms with E-state index >= 15 is 0 Å². The van der Waals surface area contributed by atoms with Crippen LogP contribution in [0.15, 0.2) is 79.1 Å². The number of amides is 2. The van der Waals surface area contributed by atoms with E-state index < -0.39 is 6.10 Å².